The minimum atomic E-state index is -0.934. The Labute approximate surface area is 371 Å². The topological polar surface area (TPSA) is 200 Å². The van der Waals surface area contributed by atoms with E-state index in [0.29, 0.717) is 30.3 Å². The van der Waals surface area contributed by atoms with Crippen LogP contribution in [0.25, 0.3) is 0 Å². The molecule has 10 rings (SSSR count). The molecule has 0 radical (unpaired) electrons. The van der Waals surface area contributed by atoms with Gasteiger partial charge in [-0.2, -0.15) is 0 Å². The summed E-state index contributed by atoms with van der Waals surface area (Å²) in [6.07, 6.45) is 20.3. The minimum absolute atomic E-state index is 0.0395. The van der Waals surface area contributed by atoms with Crippen molar-refractivity contribution < 1.29 is 67.2 Å². The maximum atomic E-state index is 10.9. The van der Waals surface area contributed by atoms with Gasteiger partial charge in [-0.3, -0.25) is 4.79 Å². The van der Waals surface area contributed by atoms with E-state index in [1.807, 2.05) is 13.8 Å². The number of rotatable bonds is 29. The van der Waals surface area contributed by atoms with Crippen molar-refractivity contribution in [3.63, 3.8) is 0 Å². The van der Waals surface area contributed by atoms with Crippen LogP contribution in [-0.2, 0) is 57.0 Å². The molecule has 0 bridgehead atoms. The number of hydrogen-bond acceptors (Lipinski definition) is 13. The predicted octanol–water partition coefficient (Wildman–Crippen LogP) is 5.78. The summed E-state index contributed by atoms with van der Waals surface area (Å²) < 4.78 is 60.6. The van der Waals surface area contributed by atoms with Gasteiger partial charge in [-0.25, -0.2) is 4.79 Å². The summed E-state index contributed by atoms with van der Waals surface area (Å²) in [6.45, 7) is 16.3. The van der Waals surface area contributed by atoms with Gasteiger partial charge in [-0.15, -0.1) is 0 Å². The van der Waals surface area contributed by atoms with Gasteiger partial charge >= 0.3 is 5.97 Å². The van der Waals surface area contributed by atoms with E-state index in [1.54, 1.807) is 12.2 Å². The molecule has 14 nitrogen and oxygen atoms in total. The Bertz CT molecular complexity index is 1850. The van der Waals surface area contributed by atoms with E-state index in [4.69, 9.17) is 52.5 Å². The lowest BCUT2D eigenvalue weighted by atomic mass is 9.89. The van der Waals surface area contributed by atoms with Crippen LogP contribution in [0.1, 0.15) is 131 Å². The van der Waals surface area contributed by atoms with E-state index >= 15 is 0 Å². The lowest BCUT2D eigenvalue weighted by Gasteiger charge is -2.11. The molecule has 0 unspecified atom stereocenters. The zero-order valence-electron chi connectivity index (χ0n) is 37.9. The van der Waals surface area contributed by atoms with E-state index < -0.39 is 17.7 Å². The van der Waals surface area contributed by atoms with Gasteiger partial charge in [0.1, 0.15) is 24.1 Å². The van der Waals surface area contributed by atoms with Gasteiger partial charge in [0.2, 0.25) is 0 Å². The highest BCUT2D eigenvalue weighted by atomic mass is 16.7. The second-order valence-electron chi connectivity index (χ2n) is 21.9. The average Bonchev–Trinajstić information content (AvgIpc) is 3.99. The molecule has 0 spiro atoms. The Morgan fingerprint density at radius 2 is 1.17 bits per heavy atom. The molecule has 21 atom stereocenters. The zero-order valence-corrected chi connectivity index (χ0v) is 37.9. The van der Waals surface area contributed by atoms with Crippen LogP contribution in [0.4, 0.5) is 0 Å². The molecular weight excluding hydrogens is 813 g/mol. The van der Waals surface area contributed by atoms with Crippen LogP contribution in [0.15, 0.2) is 36.0 Å². The number of carboxylic acid groups (broad SMARTS) is 1. The zero-order chi connectivity index (χ0) is 44.3. The van der Waals surface area contributed by atoms with Gasteiger partial charge in [-0.1, -0.05) is 18.7 Å². The first-order chi connectivity index (χ1) is 29.9. The Morgan fingerprint density at radius 1 is 0.619 bits per heavy atom. The van der Waals surface area contributed by atoms with E-state index in [9.17, 15) is 14.7 Å². The monoisotopic (exact) mass is 882 g/mol. The third-order valence-electron chi connectivity index (χ3n) is 16.5. The van der Waals surface area contributed by atoms with E-state index in [0.717, 1.165) is 95.3 Å². The summed E-state index contributed by atoms with van der Waals surface area (Å²) in [4.78, 5) is 21.7. The SMILES string of the molecule is C=C(C=O)C/C=C/[C@H](O)[C@@]1(C)O[C@@H]1C[C@H]1O[C@@H]1C[C@H]1O[C@@H]1CCC[C@@]1(C)O[C@@H]1C[C@@]1(C)O[C@@H]1C[C@H]1O[C@]1(C)CC[C@H]1O[C@@H]1CC[C@H]1O[C@@H]1C[C@@]1(C)O[C@@H]1C[C@H]1O[C@@H]1/C(C)=C\C(=O)O. The van der Waals surface area contributed by atoms with Gasteiger partial charge in [-0.05, 0) is 104 Å². The quantitative estimate of drug-likeness (QED) is 0.0397. The molecule has 14 heteroatoms. The number of hydrogen-bond donors (Lipinski definition) is 2. The standard InChI is InChI=1S/C49H70O14/c1-26(25-50)10-8-12-37(51)49(7)41(63-49)20-34-33(57-34)19-32-28(55-32)11-9-16-45(3)42(62-45)24-48(6)40(61-48)22-39-46(4,59-39)17-15-31-29(54-31)13-14-30-36(56-30)23-47(5)38(60-47)21-35-44(58-35)27(2)18-43(52)53/h8,12,18,25,28-42,44,51H,1,9-11,13-17,19-24H2,2-7H3,(H,52,53)/b12-8+,27-18-/t28-,29-,30-,31-,32-,33-,34-,35-,36-,37+,38-,39-,40-,41-,42-,44-,45-,46-,47-,48-,49-/m1/s1. The van der Waals surface area contributed by atoms with Crippen LogP contribution in [0, 0.1) is 0 Å². The Kier molecular flexibility index (Phi) is 11.6. The number of allylic oxidation sites excluding steroid dienone is 2. The summed E-state index contributed by atoms with van der Waals surface area (Å²) >= 11 is 0. The molecule has 0 aromatic rings. The largest absolute Gasteiger partial charge is 0.478 e. The Morgan fingerprint density at radius 3 is 1.94 bits per heavy atom. The Balaban J connectivity index is 0.539. The van der Waals surface area contributed by atoms with Crippen molar-refractivity contribution in [2.45, 2.75) is 257 Å². The molecule has 10 aliphatic rings. The smallest absolute Gasteiger partial charge is 0.328 e. The fraction of sp³-hybridized carbons (Fsp3) is 0.837. The van der Waals surface area contributed by atoms with E-state index in [-0.39, 0.29) is 95.7 Å². The van der Waals surface area contributed by atoms with Crippen molar-refractivity contribution in [1.82, 2.24) is 0 Å². The van der Waals surface area contributed by atoms with Gasteiger partial charge in [0.05, 0.1) is 108 Å². The molecule has 63 heavy (non-hydrogen) atoms. The summed E-state index contributed by atoms with van der Waals surface area (Å²) in [5.41, 5.74) is 0.133. The van der Waals surface area contributed by atoms with Crippen LogP contribution in [0.5, 0.6) is 0 Å². The number of carbonyl (C=O) groups is 2. The maximum absolute atomic E-state index is 10.9. The van der Waals surface area contributed by atoms with Gasteiger partial charge in [0.25, 0.3) is 0 Å². The molecule has 0 saturated carbocycles. The molecular formula is C49H70O14. The van der Waals surface area contributed by atoms with Crippen LogP contribution in [-0.4, -0.2) is 148 Å². The van der Waals surface area contributed by atoms with Crippen molar-refractivity contribution in [3.05, 3.63) is 36.0 Å². The number of aldehydes is 1. The molecule has 350 valence electrons. The first kappa shape index (κ1) is 44.7. The molecule has 0 aromatic heterocycles. The van der Waals surface area contributed by atoms with Crippen molar-refractivity contribution >= 4 is 12.3 Å². The van der Waals surface area contributed by atoms with E-state index in [2.05, 4.69) is 34.3 Å². The highest BCUT2D eigenvalue weighted by molar-refractivity contribution is 5.80. The molecule has 2 N–H and O–H groups in total. The molecule has 0 aromatic carbocycles. The number of ether oxygens (including phenoxy) is 10. The number of aliphatic hydroxyl groups excluding tert-OH is 1. The summed E-state index contributed by atoms with van der Waals surface area (Å²) in [7, 11) is 0. The number of aliphatic carboxylic acids is 1. The Hall–Kier alpha value is -2.08. The molecule has 10 fully saturated rings. The van der Waals surface area contributed by atoms with Gasteiger partial charge < -0.3 is 57.6 Å². The molecule has 10 heterocycles. The van der Waals surface area contributed by atoms with Crippen LogP contribution >= 0.6 is 0 Å². The third kappa shape index (κ3) is 10.4. The number of aliphatic hydroxyl groups is 1. The second kappa shape index (κ2) is 16.3. The highest BCUT2D eigenvalue weighted by Crippen LogP contribution is 2.56. The van der Waals surface area contributed by atoms with Crippen molar-refractivity contribution in [2.75, 3.05) is 0 Å². The predicted molar refractivity (Wildman–Crippen MR) is 226 cm³/mol. The summed E-state index contributed by atoms with van der Waals surface area (Å²) in [5.74, 6) is -0.934. The van der Waals surface area contributed by atoms with Gasteiger partial charge in [0, 0.05) is 44.6 Å². The van der Waals surface area contributed by atoms with Crippen LogP contribution in [0.2, 0.25) is 0 Å². The van der Waals surface area contributed by atoms with Crippen molar-refractivity contribution in [2.24, 2.45) is 0 Å². The second-order valence-corrected chi connectivity index (χ2v) is 21.9. The minimum Gasteiger partial charge on any atom is -0.478 e. The molecule has 10 aliphatic heterocycles. The third-order valence-corrected chi connectivity index (χ3v) is 16.5. The number of epoxide rings is 10. The normalized spacial score (nSPS) is 50.8. The fourth-order valence-corrected chi connectivity index (χ4v) is 11.1. The van der Waals surface area contributed by atoms with E-state index in [1.165, 1.54) is 6.08 Å². The van der Waals surface area contributed by atoms with Crippen LogP contribution < -0.4 is 0 Å². The maximum Gasteiger partial charge on any atom is 0.328 e. The first-order valence-electron chi connectivity index (χ1n) is 23.9. The number of carbonyl (C=O) groups excluding carboxylic acids is 1. The lowest BCUT2D eigenvalue weighted by Crippen LogP contribution is -2.27. The first-order valence-corrected chi connectivity index (χ1v) is 23.9. The average molecular weight is 883 g/mol. The lowest BCUT2D eigenvalue weighted by molar-refractivity contribution is -0.131. The molecule has 0 aliphatic carbocycles. The summed E-state index contributed by atoms with van der Waals surface area (Å²) in [5, 5.41) is 19.5. The fourth-order valence-electron chi connectivity index (χ4n) is 11.1. The molecule has 0 amide bonds. The highest BCUT2D eigenvalue weighted by Gasteiger charge is 2.65. The number of carboxylic acids is 1. The van der Waals surface area contributed by atoms with Crippen molar-refractivity contribution in [1.29, 1.82) is 0 Å². The van der Waals surface area contributed by atoms with Gasteiger partial charge in [0.15, 0.2) is 0 Å². The summed E-state index contributed by atoms with van der Waals surface area (Å²) in [6, 6.07) is 0. The van der Waals surface area contributed by atoms with Crippen LogP contribution in [0.3, 0.4) is 0 Å². The van der Waals surface area contributed by atoms with Crippen molar-refractivity contribution in [3.8, 4) is 0 Å². The molecule has 10 saturated heterocycles.